The molecule has 9 heteroatoms. The highest BCUT2D eigenvalue weighted by Crippen LogP contribution is 2.25. The number of carbonyl (C=O) groups is 1. The third-order valence-electron chi connectivity index (χ3n) is 2.38. The molecule has 0 aliphatic carbocycles. The van der Waals surface area contributed by atoms with E-state index in [0.717, 1.165) is 0 Å². The number of anilines is 1. The standard InChI is InChI=1S/C10H10N6O3/c11-7-3-1-2-6(9(7)16(18)19)10(17)12-4-8-13-5-14-15-8/h1-3,5H,4,11H2,(H,12,17)(H,13,14,15). The summed E-state index contributed by atoms with van der Waals surface area (Å²) in [6, 6.07) is 4.18. The zero-order chi connectivity index (χ0) is 13.8. The van der Waals surface area contributed by atoms with Crippen molar-refractivity contribution in [1.82, 2.24) is 20.5 Å². The molecule has 0 spiro atoms. The van der Waals surface area contributed by atoms with Crippen LogP contribution in [0.2, 0.25) is 0 Å². The fourth-order valence-electron chi connectivity index (χ4n) is 1.52. The second kappa shape index (κ2) is 5.12. The quantitative estimate of drug-likeness (QED) is 0.409. The number of nitrogens with two attached hydrogens (primary N) is 1. The van der Waals surface area contributed by atoms with E-state index in [1.807, 2.05) is 0 Å². The summed E-state index contributed by atoms with van der Waals surface area (Å²) in [4.78, 5) is 25.9. The summed E-state index contributed by atoms with van der Waals surface area (Å²) in [5.74, 6) is -0.157. The number of nitrogens with zero attached hydrogens (tertiary/aromatic N) is 3. The number of aromatic amines is 1. The van der Waals surface area contributed by atoms with Crippen LogP contribution in [-0.2, 0) is 6.54 Å². The maximum Gasteiger partial charge on any atom is 0.304 e. The molecule has 0 radical (unpaired) electrons. The molecule has 0 saturated carbocycles. The van der Waals surface area contributed by atoms with E-state index in [-0.39, 0.29) is 17.8 Å². The van der Waals surface area contributed by atoms with Crippen LogP contribution in [0.3, 0.4) is 0 Å². The van der Waals surface area contributed by atoms with Crippen molar-refractivity contribution >= 4 is 17.3 Å². The zero-order valence-corrected chi connectivity index (χ0v) is 9.66. The number of benzene rings is 1. The molecule has 1 aromatic heterocycles. The third kappa shape index (κ3) is 2.65. The molecule has 2 rings (SSSR count). The van der Waals surface area contributed by atoms with Crippen molar-refractivity contribution in [3.8, 4) is 0 Å². The van der Waals surface area contributed by atoms with Crippen molar-refractivity contribution in [2.45, 2.75) is 6.54 Å². The number of nitro groups is 1. The van der Waals surface area contributed by atoms with Gasteiger partial charge in [-0.05, 0) is 12.1 Å². The van der Waals surface area contributed by atoms with E-state index in [1.54, 1.807) is 0 Å². The Kier molecular flexibility index (Phi) is 3.37. The highest BCUT2D eigenvalue weighted by Gasteiger charge is 2.22. The number of nitrogens with one attached hydrogen (secondary N) is 2. The first-order valence-corrected chi connectivity index (χ1v) is 5.25. The van der Waals surface area contributed by atoms with Crippen LogP contribution >= 0.6 is 0 Å². The lowest BCUT2D eigenvalue weighted by molar-refractivity contribution is -0.384. The summed E-state index contributed by atoms with van der Waals surface area (Å²) in [7, 11) is 0. The number of rotatable bonds is 4. The van der Waals surface area contributed by atoms with Crippen LogP contribution in [0.5, 0.6) is 0 Å². The molecule has 1 amide bonds. The summed E-state index contributed by atoms with van der Waals surface area (Å²) in [6.45, 7) is 0.0881. The lowest BCUT2D eigenvalue weighted by atomic mass is 10.1. The molecule has 9 nitrogen and oxygen atoms in total. The van der Waals surface area contributed by atoms with E-state index in [2.05, 4.69) is 20.5 Å². The van der Waals surface area contributed by atoms with Crippen LogP contribution < -0.4 is 11.1 Å². The van der Waals surface area contributed by atoms with Crippen molar-refractivity contribution < 1.29 is 9.72 Å². The van der Waals surface area contributed by atoms with Crippen LogP contribution in [-0.4, -0.2) is 26.0 Å². The van der Waals surface area contributed by atoms with E-state index in [1.165, 1.54) is 24.5 Å². The Balaban J connectivity index is 2.19. The van der Waals surface area contributed by atoms with Gasteiger partial charge in [0.1, 0.15) is 23.4 Å². The van der Waals surface area contributed by atoms with Gasteiger partial charge in [0.05, 0.1) is 11.5 Å². The molecule has 0 unspecified atom stereocenters. The van der Waals surface area contributed by atoms with Gasteiger partial charge in [-0.25, -0.2) is 4.98 Å². The third-order valence-corrected chi connectivity index (χ3v) is 2.38. The summed E-state index contributed by atoms with van der Waals surface area (Å²) < 4.78 is 0. The average molecular weight is 262 g/mol. The van der Waals surface area contributed by atoms with Crippen LogP contribution in [0.4, 0.5) is 11.4 Å². The largest absolute Gasteiger partial charge is 0.393 e. The number of hydrogen-bond donors (Lipinski definition) is 3. The van der Waals surface area contributed by atoms with Crippen molar-refractivity contribution in [3.63, 3.8) is 0 Å². The summed E-state index contributed by atoms with van der Waals surface area (Å²) in [5, 5.41) is 19.6. The molecule has 0 fully saturated rings. The molecular formula is C10H10N6O3. The topological polar surface area (TPSA) is 140 Å². The Morgan fingerprint density at radius 1 is 1.53 bits per heavy atom. The van der Waals surface area contributed by atoms with Gasteiger partial charge in [0.2, 0.25) is 0 Å². The number of nitro benzene ring substituents is 1. The molecule has 4 N–H and O–H groups in total. The fourth-order valence-corrected chi connectivity index (χ4v) is 1.52. The molecule has 19 heavy (non-hydrogen) atoms. The molecule has 0 aliphatic heterocycles. The molecule has 98 valence electrons. The first-order valence-electron chi connectivity index (χ1n) is 5.25. The number of hydrogen-bond acceptors (Lipinski definition) is 6. The van der Waals surface area contributed by atoms with Crippen molar-refractivity contribution in [1.29, 1.82) is 0 Å². The molecule has 0 aliphatic rings. The predicted octanol–water partition coefficient (Wildman–Crippen LogP) is 0.225. The molecule has 1 heterocycles. The van der Waals surface area contributed by atoms with Crippen LogP contribution in [0.25, 0.3) is 0 Å². The van der Waals surface area contributed by atoms with Crippen molar-refractivity contribution in [2.24, 2.45) is 0 Å². The van der Waals surface area contributed by atoms with Gasteiger partial charge in [0.25, 0.3) is 5.91 Å². The van der Waals surface area contributed by atoms with Gasteiger partial charge in [-0.15, -0.1) is 0 Å². The Labute approximate surface area is 107 Å². The van der Waals surface area contributed by atoms with Crippen molar-refractivity contribution in [3.05, 3.63) is 46.0 Å². The summed E-state index contributed by atoms with van der Waals surface area (Å²) in [5.41, 5.74) is 4.94. The molecular weight excluding hydrogens is 252 g/mol. The average Bonchev–Trinajstić information content (AvgIpc) is 2.88. The lowest BCUT2D eigenvalue weighted by Crippen LogP contribution is -2.24. The predicted molar refractivity (Wildman–Crippen MR) is 65.1 cm³/mol. The van der Waals surface area contributed by atoms with Crippen LogP contribution in [0, 0.1) is 10.1 Å². The number of para-hydroxylation sites is 1. The van der Waals surface area contributed by atoms with Crippen LogP contribution in [0.1, 0.15) is 16.2 Å². The molecule has 1 aromatic carbocycles. The monoisotopic (exact) mass is 262 g/mol. The normalized spacial score (nSPS) is 10.1. The molecule has 0 bridgehead atoms. The Morgan fingerprint density at radius 2 is 2.32 bits per heavy atom. The maximum atomic E-state index is 11.9. The van der Waals surface area contributed by atoms with E-state index in [4.69, 9.17) is 5.73 Å². The Bertz CT molecular complexity index is 610. The van der Waals surface area contributed by atoms with Gasteiger partial charge in [0.15, 0.2) is 0 Å². The van der Waals surface area contributed by atoms with Gasteiger partial charge in [0, 0.05) is 0 Å². The van der Waals surface area contributed by atoms with Gasteiger partial charge < -0.3 is 11.1 Å². The van der Waals surface area contributed by atoms with E-state index in [9.17, 15) is 14.9 Å². The smallest absolute Gasteiger partial charge is 0.304 e. The second-order valence-corrected chi connectivity index (χ2v) is 3.62. The minimum atomic E-state index is -0.682. The van der Waals surface area contributed by atoms with Gasteiger partial charge >= 0.3 is 5.69 Å². The highest BCUT2D eigenvalue weighted by molar-refractivity contribution is 6.00. The SMILES string of the molecule is Nc1cccc(C(=O)NCc2ncn[nH]2)c1[N+](=O)[O-]. The number of amides is 1. The molecule has 0 saturated heterocycles. The molecule has 0 atom stereocenters. The van der Waals surface area contributed by atoms with Gasteiger partial charge in [-0.2, -0.15) is 5.10 Å². The summed E-state index contributed by atoms with van der Waals surface area (Å²) >= 11 is 0. The number of H-pyrrole nitrogens is 1. The first-order chi connectivity index (χ1) is 9.09. The van der Waals surface area contributed by atoms with Gasteiger partial charge in [-0.3, -0.25) is 20.0 Å². The number of aromatic nitrogens is 3. The fraction of sp³-hybridized carbons (Fsp3) is 0.100. The van der Waals surface area contributed by atoms with Crippen LogP contribution in [0.15, 0.2) is 24.5 Å². The highest BCUT2D eigenvalue weighted by atomic mass is 16.6. The lowest BCUT2D eigenvalue weighted by Gasteiger charge is -2.05. The van der Waals surface area contributed by atoms with E-state index >= 15 is 0 Å². The molecule has 2 aromatic rings. The number of nitrogen functional groups attached to an aromatic ring is 1. The van der Waals surface area contributed by atoms with Gasteiger partial charge in [-0.1, -0.05) is 6.07 Å². The Hall–Kier alpha value is -2.97. The first kappa shape index (κ1) is 12.5. The minimum Gasteiger partial charge on any atom is -0.393 e. The van der Waals surface area contributed by atoms with E-state index in [0.29, 0.717) is 5.82 Å². The zero-order valence-electron chi connectivity index (χ0n) is 9.66. The second-order valence-electron chi connectivity index (χ2n) is 3.62. The maximum absolute atomic E-state index is 11.9. The summed E-state index contributed by atoms with van der Waals surface area (Å²) in [6.07, 6.45) is 1.30. The van der Waals surface area contributed by atoms with E-state index < -0.39 is 16.5 Å². The van der Waals surface area contributed by atoms with Crippen molar-refractivity contribution in [2.75, 3.05) is 5.73 Å². The number of carbonyl (C=O) groups excluding carboxylic acids is 1. The minimum absolute atomic E-state index is 0.0580. The Morgan fingerprint density at radius 3 is 2.95 bits per heavy atom.